The fourth-order valence-electron chi connectivity index (χ4n) is 5.65. The third kappa shape index (κ3) is 11.4. The predicted octanol–water partition coefficient (Wildman–Crippen LogP) is 12.3. The van der Waals surface area contributed by atoms with E-state index >= 15 is 0 Å². The van der Waals surface area contributed by atoms with E-state index < -0.39 is 0 Å². The Morgan fingerprint density at radius 3 is 1.40 bits per heavy atom. The molecule has 236 valence electrons. The Kier molecular flexibility index (Phi) is 21.7. The number of aryl methyl sites for hydroxylation is 4. The first kappa shape index (κ1) is 40.2. The van der Waals surface area contributed by atoms with Gasteiger partial charge in [0, 0.05) is 22.3 Å². The minimum absolute atomic E-state index is 0. The molecule has 42 heavy (non-hydrogen) atoms. The molecule has 3 heteroatoms. The number of hydrogen-bond acceptors (Lipinski definition) is 0. The molecule has 0 bridgehead atoms. The van der Waals surface area contributed by atoms with E-state index in [0.717, 1.165) is 55.5 Å². The van der Waals surface area contributed by atoms with Gasteiger partial charge in [-0.1, -0.05) is 78.9 Å². The molecule has 0 aliphatic carbocycles. The smallest absolute Gasteiger partial charge is 0.493 e. The summed E-state index contributed by atoms with van der Waals surface area (Å²) in [4.78, 5) is 0. The quantitative estimate of drug-likeness (QED) is 0.0785. The topological polar surface area (TPSA) is 25.3 Å². The Bertz CT molecular complexity index is 1140. The molecule has 2 nitrogen and oxygen atoms in total. The molecule has 0 fully saturated rings. The van der Waals surface area contributed by atoms with Crippen molar-refractivity contribution in [3.05, 3.63) is 100 Å². The molecule has 0 saturated heterocycles. The number of nitrogens with zero attached hydrogens (tertiary/aromatic N) is 2. The molecule has 1 aliphatic rings. The zero-order valence-corrected chi connectivity index (χ0v) is 29.8. The standard InChI is InChI=1S/C35H50N2.2C2H5.Pd/c1-7-12-15-16-19-33-26(6)34(31-22-27(10-4)20-29(24-31)17-13-8-2)37(36)35(33)32-23-28(11-5)21-30(25-32)18-14-9-3;2*1-2;/h20-25H,7-19H2,1-6H3;2*1H2,2H3;/q;2*-1;+2. The number of benzene rings is 2. The van der Waals surface area contributed by atoms with Crippen molar-refractivity contribution in [3.63, 3.8) is 0 Å². The van der Waals surface area contributed by atoms with E-state index in [2.05, 4.69) is 91.8 Å². The van der Waals surface area contributed by atoms with Gasteiger partial charge in [0.15, 0.2) is 0 Å². The van der Waals surface area contributed by atoms with Crippen LogP contribution in [0.2, 0.25) is 0 Å². The maximum atomic E-state index is 11.9. The van der Waals surface area contributed by atoms with Crippen molar-refractivity contribution < 1.29 is 25.1 Å². The van der Waals surface area contributed by atoms with Crippen LogP contribution in [0.25, 0.3) is 16.9 Å². The molecule has 3 rings (SSSR count). The van der Waals surface area contributed by atoms with Gasteiger partial charge in [-0.25, -0.2) is 4.70 Å². The SMILES string of the molecule is CCCCCCC1=C(c2cc(CC)cc(CCCC)c2)[N+](=[N-])C(c2cc(CC)cc(CCCC)c2)=C1C.[CH2-]C.[CH2-]C.[Pd+2]. The Balaban J connectivity index is 0.00000322. The van der Waals surface area contributed by atoms with Gasteiger partial charge in [-0.3, -0.25) is 0 Å². The van der Waals surface area contributed by atoms with Crippen molar-refractivity contribution in [3.8, 4) is 0 Å². The van der Waals surface area contributed by atoms with Gasteiger partial charge < -0.3 is 19.4 Å². The normalized spacial score (nSPS) is 12.5. The second-order valence-electron chi connectivity index (χ2n) is 10.9. The summed E-state index contributed by atoms with van der Waals surface area (Å²) < 4.78 is 1.54. The maximum absolute atomic E-state index is 11.9. The van der Waals surface area contributed by atoms with Crippen molar-refractivity contribution in [1.29, 1.82) is 0 Å². The largest absolute Gasteiger partial charge is 2.00 e. The number of rotatable bonds is 15. The van der Waals surface area contributed by atoms with Gasteiger partial charge >= 0.3 is 20.4 Å². The molecule has 1 aliphatic heterocycles. The van der Waals surface area contributed by atoms with Gasteiger partial charge in [0.25, 0.3) is 0 Å². The molecular formula is C39H60N2Pd. The monoisotopic (exact) mass is 662 g/mol. The second kappa shape index (κ2) is 22.7. The molecule has 0 radical (unpaired) electrons. The Morgan fingerprint density at radius 1 is 0.548 bits per heavy atom. The summed E-state index contributed by atoms with van der Waals surface area (Å²) in [5, 5.41) is 0. The van der Waals surface area contributed by atoms with Gasteiger partial charge in [-0.15, -0.1) is 0 Å². The van der Waals surface area contributed by atoms with Gasteiger partial charge in [-0.05, 0) is 105 Å². The first-order valence-electron chi connectivity index (χ1n) is 16.6. The fraction of sp³-hybridized carbons (Fsp3) is 0.538. The number of hydrogen-bond donors (Lipinski definition) is 0. The summed E-state index contributed by atoms with van der Waals surface area (Å²) in [5.41, 5.74) is 24.2. The molecule has 2 aromatic rings. The predicted molar refractivity (Wildman–Crippen MR) is 183 cm³/mol. The molecule has 0 atom stereocenters. The minimum Gasteiger partial charge on any atom is -0.493 e. The van der Waals surface area contributed by atoms with E-state index in [1.165, 1.54) is 83.9 Å². The Hall–Kier alpha value is -1.82. The maximum Gasteiger partial charge on any atom is 2.00 e. The van der Waals surface area contributed by atoms with E-state index in [9.17, 15) is 5.53 Å². The van der Waals surface area contributed by atoms with Crippen molar-refractivity contribution in [2.45, 2.75) is 139 Å². The van der Waals surface area contributed by atoms with E-state index in [0.29, 0.717) is 0 Å². The van der Waals surface area contributed by atoms with Crippen LogP contribution >= 0.6 is 0 Å². The molecule has 0 aromatic heterocycles. The molecule has 0 saturated carbocycles. The summed E-state index contributed by atoms with van der Waals surface area (Å²) >= 11 is 0. The number of unbranched alkanes of at least 4 members (excludes halogenated alkanes) is 5. The summed E-state index contributed by atoms with van der Waals surface area (Å²) in [6.45, 7) is 23.5. The minimum atomic E-state index is 0. The van der Waals surface area contributed by atoms with Crippen molar-refractivity contribution >= 4 is 11.4 Å². The van der Waals surface area contributed by atoms with Gasteiger partial charge in [0.05, 0.1) is 0 Å². The molecule has 0 spiro atoms. The molecular weight excluding hydrogens is 603 g/mol. The van der Waals surface area contributed by atoms with E-state index in [-0.39, 0.29) is 20.4 Å². The Morgan fingerprint density at radius 2 is 0.976 bits per heavy atom. The van der Waals surface area contributed by atoms with E-state index in [4.69, 9.17) is 0 Å². The van der Waals surface area contributed by atoms with E-state index in [1.807, 2.05) is 0 Å². The average Bonchev–Trinajstić information content (AvgIpc) is 3.27. The molecule has 0 N–H and O–H groups in total. The first-order chi connectivity index (χ1) is 20.0. The third-order valence-electron chi connectivity index (χ3n) is 7.90. The van der Waals surface area contributed by atoms with Gasteiger partial charge in [0.1, 0.15) is 0 Å². The Labute approximate surface area is 274 Å². The van der Waals surface area contributed by atoms with Crippen LogP contribution in [-0.4, -0.2) is 4.70 Å². The zero-order chi connectivity index (χ0) is 30.8. The van der Waals surface area contributed by atoms with Crippen molar-refractivity contribution in [1.82, 2.24) is 0 Å². The van der Waals surface area contributed by atoms with Crippen LogP contribution < -0.4 is 0 Å². The van der Waals surface area contributed by atoms with Crippen LogP contribution in [0.1, 0.15) is 147 Å². The van der Waals surface area contributed by atoms with Crippen LogP contribution in [-0.2, 0) is 46.1 Å². The fourth-order valence-corrected chi connectivity index (χ4v) is 5.65. The van der Waals surface area contributed by atoms with Crippen molar-refractivity contribution in [2.24, 2.45) is 0 Å². The van der Waals surface area contributed by atoms with Crippen LogP contribution in [0.4, 0.5) is 0 Å². The van der Waals surface area contributed by atoms with Crippen molar-refractivity contribution in [2.75, 3.05) is 0 Å². The van der Waals surface area contributed by atoms with Crippen LogP contribution in [0, 0.1) is 13.8 Å². The second-order valence-corrected chi connectivity index (χ2v) is 10.9. The van der Waals surface area contributed by atoms with Gasteiger partial charge in [-0.2, -0.15) is 13.8 Å². The van der Waals surface area contributed by atoms with E-state index in [1.54, 1.807) is 18.5 Å². The molecule has 0 unspecified atom stereocenters. The first-order valence-corrected chi connectivity index (χ1v) is 16.6. The van der Waals surface area contributed by atoms with Crippen LogP contribution in [0.3, 0.4) is 0 Å². The van der Waals surface area contributed by atoms with Crippen LogP contribution in [0.5, 0.6) is 0 Å². The number of allylic oxidation sites excluding steroid dienone is 2. The molecule has 2 aromatic carbocycles. The molecule has 1 heterocycles. The summed E-state index contributed by atoms with van der Waals surface area (Å²) in [5.74, 6) is 0. The summed E-state index contributed by atoms with van der Waals surface area (Å²) in [7, 11) is 0. The zero-order valence-electron chi connectivity index (χ0n) is 28.3. The van der Waals surface area contributed by atoms with Gasteiger partial charge in [0.2, 0.25) is 11.4 Å². The molecule has 0 amide bonds. The van der Waals surface area contributed by atoms with Crippen LogP contribution in [0.15, 0.2) is 47.5 Å². The average molecular weight is 663 g/mol. The summed E-state index contributed by atoms with van der Waals surface area (Å²) in [6.07, 6.45) is 14.9. The summed E-state index contributed by atoms with van der Waals surface area (Å²) in [6, 6.07) is 14.0. The third-order valence-corrected chi connectivity index (χ3v) is 7.90.